The Hall–Kier alpha value is -2.45. The largest absolute Gasteiger partial charge is 0.495 e. The van der Waals surface area contributed by atoms with Crippen molar-refractivity contribution in [2.24, 2.45) is 0 Å². The lowest BCUT2D eigenvalue weighted by molar-refractivity contribution is -0.121. The van der Waals surface area contributed by atoms with Crippen LogP contribution in [0.25, 0.3) is 0 Å². The molecular formula is C16H20N4O4. The average Bonchev–Trinajstić information content (AvgIpc) is 3.02. The fraction of sp³-hybridized carbons (Fsp3) is 0.438. The van der Waals surface area contributed by atoms with Crippen LogP contribution >= 0.6 is 0 Å². The first kappa shape index (κ1) is 16.4. The Labute approximate surface area is 139 Å². The van der Waals surface area contributed by atoms with E-state index in [9.17, 15) is 4.79 Å². The number of carbonyl (C=O) groups is 1. The maximum atomic E-state index is 12.5. The van der Waals surface area contributed by atoms with Gasteiger partial charge in [0.2, 0.25) is 11.8 Å². The number of rotatable bonds is 6. The van der Waals surface area contributed by atoms with Gasteiger partial charge in [-0.1, -0.05) is 17.3 Å². The van der Waals surface area contributed by atoms with E-state index in [1.54, 1.807) is 19.1 Å². The van der Waals surface area contributed by atoms with Crippen LogP contribution in [-0.2, 0) is 22.7 Å². The predicted molar refractivity (Wildman–Crippen MR) is 85.6 cm³/mol. The van der Waals surface area contributed by atoms with E-state index in [4.69, 9.17) is 14.0 Å². The molecule has 0 saturated carbocycles. The molecule has 128 valence electrons. The second-order valence-corrected chi connectivity index (χ2v) is 5.47. The molecule has 1 aromatic heterocycles. The number of carbonyl (C=O) groups excluding carboxylic acids is 1. The molecule has 8 heteroatoms. The van der Waals surface area contributed by atoms with Crippen molar-refractivity contribution in [1.82, 2.24) is 15.0 Å². The number of hydrogen-bond donors (Lipinski definition) is 0. The van der Waals surface area contributed by atoms with Gasteiger partial charge < -0.3 is 18.9 Å². The first-order valence-electron chi connectivity index (χ1n) is 7.67. The van der Waals surface area contributed by atoms with Gasteiger partial charge in [0.25, 0.3) is 0 Å². The molecule has 1 amide bonds. The number of amides is 1. The summed E-state index contributed by atoms with van der Waals surface area (Å²) in [5, 5.41) is 3.83. The maximum Gasteiger partial charge on any atom is 0.241 e. The Balaban J connectivity index is 1.63. The van der Waals surface area contributed by atoms with Crippen molar-refractivity contribution in [2.75, 3.05) is 38.8 Å². The standard InChI is InChI=1S/C16H20N4O4/c1-22-11-14-17-15(24-18-14)9-19-7-8-20(16(21)10-19)12-5-3-4-6-13(12)23-2/h3-6H,7-11H2,1-2H3. The van der Waals surface area contributed by atoms with E-state index in [0.717, 1.165) is 5.69 Å². The second-order valence-electron chi connectivity index (χ2n) is 5.47. The molecule has 0 aliphatic carbocycles. The summed E-state index contributed by atoms with van der Waals surface area (Å²) in [4.78, 5) is 20.5. The molecule has 1 saturated heterocycles. The van der Waals surface area contributed by atoms with Crippen molar-refractivity contribution in [3.63, 3.8) is 0 Å². The summed E-state index contributed by atoms with van der Waals surface area (Å²) in [6, 6.07) is 7.52. The minimum Gasteiger partial charge on any atom is -0.495 e. The number of methoxy groups -OCH3 is 2. The van der Waals surface area contributed by atoms with Gasteiger partial charge in [0.1, 0.15) is 12.4 Å². The summed E-state index contributed by atoms with van der Waals surface area (Å²) in [7, 11) is 3.18. The van der Waals surface area contributed by atoms with Crippen LogP contribution in [0.4, 0.5) is 5.69 Å². The number of para-hydroxylation sites is 2. The molecule has 0 bridgehead atoms. The van der Waals surface area contributed by atoms with Gasteiger partial charge in [-0.25, -0.2) is 0 Å². The van der Waals surface area contributed by atoms with Gasteiger partial charge in [0.05, 0.1) is 25.9 Å². The zero-order valence-corrected chi connectivity index (χ0v) is 13.8. The molecule has 0 spiro atoms. The van der Waals surface area contributed by atoms with Crippen molar-refractivity contribution in [3.05, 3.63) is 36.0 Å². The molecule has 0 atom stereocenters. The van der Waals surface area contributed by atoms with Gasteiger partial charge in [0, 0.05) is 20.2 Å². The van der Waals surface area contributed by atoms with Crippen LogP contribution in [0.5, 0.6) is 5.75 Å². The molecule has 2 aromatic rings. The van der Waals surface area contributed by atoms with Crippen LogP contribution in [0.15, 0.2) is 28.8 Å². The summed E-state index contributed by atoms with van der Waals surface area (Å²) >= 11 is 0. The molecule has 1 aliphatic rings. The van der Waals surface area contributed by atoms with Crippen molar-refractivity contribution >= 4 is 11.6 Å². The molecule has 0 radical (unpaired) electrons. The lowest BCUT2D eigenvalue weighted by Crippen LogP contribution is -2.50. The van der Waals surface area contributed by atoms with Gasteiger partial charge >= 0.3 is 0 Å². The number of ether oxygens (including phenoxy) is 2. The molecular weight excluding hydrogens is 312 g/mol. The first-order valence-corrected chi connectivity index (χ1v) is 7.67. The number of piperazine rings is 1. The lowest BCUT2D eigenvalue weighted by atomic mass is 10.2. The molecule has 3 rings (SSSR count). The van der Waals surface area contributed by atoms with Gasteiger partial charge in [-0.05, 0) is 12.1 Å². The third-order valence-electron chi connectivity index (χ3n) is 3.82. The fourth-order valence-corrected chi connectivity index (χ4v) is 2.70. The van der Waals surface area contributed by atoms with E-state index in [2.05, 4.69) is 10.1 Å². The maximum absolute atomic E-state index is 12.5. The number of hydrogen-bond acceptors (Lipinski definition) is 7. The van der Waals surface area contributed by atoms with Crippen molar-refractivity contribution < 1.29 is 18.8 Å². The zero-order valence-electron chi connectivity index (χ0n) is 13.8. The highest BCUT2D eigenvalue weighted by molar-refractivity contribution is 5.96. The fourth-order valence-electron chi connectivity index (χ4n) is 2.70. The van der Waals surface area contributed by atoms with E-state index in [0.29, 0.717) is 50.3 Å². The molecule has 1 fully saturated rings. The Morgan fingerprint density at radius 2 is 2.08 bits per heavy atom. The molecule has 24 heavy (non-hydrogen) atoms. The van der Waals surface area contributed by atoms with Crippen LogP contribution in [-0.4, -0.2) is 54.8 Å². The number of anilines is 1. The number of aromatic nitrogens is 2. The Bertz CT molecular complexity index is 703. The van der Waals surface area contributed by atoms with E-state index in [1.807, 2.05) is 29.2 Å². The van der Waals surface area contributed by atoms with Crippen LogP contribution in [0, 0.1) is 0 Å². The monoisotopic (exact) mass is 332 g/mol. The highest BCUT2D eigenvalue weighted by Crippen LogP contribution is 2.28. The third kappa shape index (κ3) is 3.55. The predicted octanol–water partition coefficient (Wildman–Crippen LogP) is 1.07. The van der Waals surface area contributed by atoms with E-state index in [1.165, 1.54) is 0 Å². The highest BCUT2D eigenvalue weighted by atomic mass is 16.5. The van der Waals surface area contributed by atoms with Crippen molar-refractivity contribution in [2.45, 2.75) is 13.2 Å². The number of benzene rings is 1. The molecule has 0 N–H and O–H groups in total. The van der Waals surface area contributed by atoms with Gasteiger partial charge in [-0.3, -0.25) is 9.69 Å². The smallest absolute Gasteiger partial charge is 0.241 e. The first-order chi connectivity index (χ1) is 11.7. The normalized spacial score (nSPS) is 15.8. The van der Waals surface area contributed by atoms with Crippen molar-refractivity contribution in [1.29, 1.82) is 0 Å². The summed E-state index contributed by atoms with van der Waals surface area (Å²) in [6.07, 6.45) is 0. The summed E-state index contributed by atoms with van der Waals surface area (Å²) < 4.78 is 15.5. The van der Waals surface area contributed by atoms with Crippen LogP contribution < -0.4 is 9.64 Å². The molecule has 1 aromatic carbocycles. The number of nitrogens with zero attached hydrogens (tertiary/aromatic N) is 4. The van der Waals surface area contributed by atoms with Crippen molar-refractivity contribution in [3.8, 4) is 5.75 Å². The third-order valence-corrected chi connectivity index (χ3v) is 3.82. The molecule has 8 nitrogen and oxygen atoms in total. The van der Waals surface area contributed by atoms with Crippen LogP contribution in [0.1, 0.15) is 11.7 Å². The van der Waals surface area contributed by atoms with E-state index in [-0.39, 0.29) is 5.91 Å². The molecule has 1 aliphatic heterocycles. The van der Waals surface area contributed by atoms with E-state index < -0.39 is 0 Å². The topological polar surface area (TPSA) is 80.9 Å². The summed E-state index contributed by atoms with van der Waals surface area (Å²) in [5.74, 6) is 1.70. The molecule has 0 unspecified atom stereocenters. The van der Waals surface area contributed by atoms with E-state index >= 15 is 0 Å². The summed E-state index contributed by atoms with van der Waals surface area (Å²) in [5.41, 5.74) is 0.796. The van der Waals surface area contributed by atoms with Crippen LogP contribution in [0.3, 0.4) is 0 Å². The Morgan fingerprint density at radius 3 is 2.83 bits per heavy atom. The quantitative estimate of drug-likeness (QED) is 0.783. The van der Waals surface area contributed by atoms with Crippen LogP contribution in [0.2, 0.25) is 0 Å². The van der Waals surface area contributed by atoms with Gasteiger partial charge in [-0.2, -0.15) is 4.98 Å². The van der Waals surface area contributed by atoms with Gasteiger partial charge in [0.15, 0.2) is 5.82 Å². The second kappa shape index (κ2) is 7.41. The SMILES string of the molecule is COCc1noc(CN2CCN(c3ccccc3OC)C(=O)C2)n1. The lowest BCUT2D eigenvalue weighted by Gasteiger charge is -2.34. The Morgan fingerprint density at radius 1 is 1.25 bits per heavy atom. The summed E-state index contributed by atoms with van der Waals surface area (Å²) in [6.45, 7) is 2.34. The minimum absolute atomic E-state index is 0.0161. The minimum atomic E-state index is 0.0161. The average molecular weight is 332 g/mol. The van der Waals surface area contributed by atoms with Gasteiger partial charge in [-0.15, -0.1) is 0 Å². The highest BCUT2D eigenvalue weighted by Gasteiger charge is 2.27. The Kier molecular flexibility index (Phi) is 5.07. The molecule has 2 heterocycles. The zero-order chi connectivity index (χ0) is 16.9.